The van der Waals surface area contributed by atoms with Gasteiger partial charge in [0, 0.05) is 0 Å². The van der Waals surface area contributed by atoms with E-state index in [1.165, 1.54) is 42.7 Å². The summed E-state index contributed by atoms with van der Waals surface area (Å²) in [5.74, 6) is -1.30. The molecule has 0 aliphatic carbocycles. The molecule has 0 fully saturated rings. The number of tetrazole rings is 1. The standard InChI is InChI=1S/C15H9F3N4O2/c16-15(17,18)12-4-2-1-3-10(12)9-5-6-13(11(7-9)14(23)24)22-8-19-20-21-22/h1-8H,(H,23,24). The maximum absolute atomic E-state index is 13.1. The number of aromatic nitrogens is 4. The van der Waals surface area contributed by atoms with Crippen molar-refractivity contribution in [1.29, 1.82) is 0 Å². The molecule has 0 radical (unpaired) electrons. The van der Waals surface area contributed by atoms with Crippen LogP contribution in [0.1, 0.15) is 15.9 Å². The van der Waals surface area contributed by atoms with Gasteiger partial charge in [0.15, 0.2) is 0 Å². The predicted molar refractivity (Wildman–Crippen MR) is 76.6 cm³/mol. The van der Waals surface area contributed by atoms with Crippen molar-refractivity contribution in [3.05, 3.63) is 59.9 Å². The van der Waals surface area contributed by atoms with Crippen molar-refractivity contribution in [2.45, 2.75) is 6.18 Å². The van der Waals surface area contributed by atoms with Crippen LogP contribution in [-0.2, 0) is 6.18 Å². The van der Waals surface area contributed by atoms with Gasteiger partial charge in [0.2, 0.25) is 0 Å². The summed E-state index contributed by atoms with van der Waals surface area (Å²) in [5.41, 5.74) is -0.859. The van der Waals surface area contributed by atoms with E-state index in [1.54, 1.807) is 0 Å². The zero-order valence-corrected chi connectivity index (χ0v) is 11.9. The molecule has 0 unspecified atom stereocenters. The van der Waals surface area contributed by atoms with Crippen LogP contribution in [0.25, 0.3) is 16.8 Å². The second kappa shape index (κ2) is 5.76. The van der Waals surface area contributed by atoms with E-state index in [4.69, 9.17) is 0 Å². The normalized spacial score (nSPS) is 11.5. The Hall–Kier alpha value is -3.23. The van der Waals surface area contributed by atoms with E-state index >= 15 is 0 Å². The molecule has 0 bridgehead atoms. The fourth-order valence-electron chi connectivity index (χ4n) is 2.33. The van der Waals surface area contributed by atoms with E-state index in [9.17, 15) is 23.1 Å². The number of rotatable bonds is 3. The highest BCUT2D eigenvalue weighted by atomic mass is 19.4. The minimum atomic E-state index is -4.55. The van der Waals surface area contributed by atoms with Gasteiger partial charge >= 0.3 is 12.1 Å². The highest BCUT2D eigenvalue weighted by Gasteiger charge is 2.33. The number of carboxylic acids is 1. The Kier molecular flexibility index (Phi) is 3.76. The molecule has 6 nitrogen and oxygen atoms in total. The molecule has 2 aromatic carbocycles. The second-order valence-electron chi connectivity index (χ2n) is 4.83. The number of halogens is 3. The minimum absolute atomic E-state index is 0.101. The van der Waals surface area contributed by atoms with E-state index in [-0.39, 0.29) is 22.4 Å². The number of benzene rings is 2. The predicted octanol–water partition coefficient (Wildman–Crippen LogP) is 3.05. The minimum Gasteiger partial charge on any atom is -0.478 e. The first-order valence-electron chi connectivity index (χ1n) is 6.65. The third kappa shape index (κ3) is 2.83. The molecular weight excluding hydrogens is 325 g/mol. The van der Waals surface area contributed by atoms with Crippen molar-refractivity contribution < 1.29 is 23.1 Å². The third-order valence-electron chi connectivity index (χ3n) is 3.37. The Morgan fingerprint density at radius 1 is 1.12 bits per heavy atom. The van der Waals surface area contributed by atoms with Crippen LogP contribution in [0.15, 0.2) is 48.8 Å². The molecule has 0 aliphatic heterocycles. The molecule has 1 heterocycles. The van der Waals surface area contributed by atoms with Gasteiger partial charge in [-0.1, -0.05) is 24.3 Å². The van der Waals surface area contributed by atoms with Crippen molar-refractivity contribution in [2.24, 2.45) is 0 Å². The van der Waals surface area contributed by atoms with Crippen LogP contribution in [0.2, 0.25) is 0 Å². The summed E-state index contributed by atoms with van der Waals surface area (Å²) in [5, 5.41) is 19.8. The highest BCUT2D eigenvalue weighted by Crippen LogP contribution is 2.37. The van der Waals surface area contributed by atoms with Gasteiger partial charge in [0.1, 0.15) is 6.33 Å². The largest absolute Gasteiger partial charge is 0.478 e. The van der Waals surface area contributed by atoms with E-state index in [1.807, 2.05) is 0 Å². The van der Waals surface area contributed by atoms with E-state index in [0.717, 1.165) is 10.7 Å². The first-order chi connectivity index (χ1) is 11.4. The zero-order chi connectivity index (χ0) is 17.3. The van der Waals surface area contributed by atoms with Crippen molar-refractivity contribution in [1.82, 2.24) is 20.2 Å². The molecule has 0 saturated carbocycles. The van der Waals surface area contributed by atoms with Gasteiger partial charge in [-0.25, -0.2) is 4.79 Å². The van der Waals surface area contributed by atoms with Crippen molar-refractivity contribution in [3.63, 3.8) is 0 Å². The molecule has 1 N–H and O–H groups in total. The lowest BCUT2D eigenvalue weighted by molar-refractivity contribution is -0.137. The van der Waals surface area contributed by atoms with Crippen LogP contribution in [0.4, 0.5) is 13.2 Å². The number of nitrogens with zero attached hydrogens (tertiary/aromatic N) is 4. The SMILES string of the molecule is O=C(O)c1cc(-c2ccccc2C(F)(F)F)ccc1-n1cnnn1. The molecule has 0 amide bonds. The van der Waals surface area contributed by atoms with Crippen molar-refractivity contribution in [2.75, 3.05) is 0 Å². The first-order valence-corrected chi connectivity index (χ1v) is 6.65. The van der Waals surface area contributed by atoms with Gasteiger partial charge in [-0.05, 0) is 39.8 Å². The van der Waals surface area contributed by atoms with Gasteiger partial charge in [0.25, 0.3) is 0 Å². The molecule has 0 atom stereocenters. The number of hydrogen-bond donors (Lipinski definition) is 1. The summed E-state index contributed by atoms with van der Waals surface area (Å²) in [6, 6.07) is 8.91. The Morgan fingerprint density at radius 3 is 2.50 bits per heavy atom. The Morgan fingerprint density at radius 2 is 1.88 bits per heavy atom. The first kappa shape index (κ1) is 15.7. The molecule has 0 spiro atoms. The van der Waals surface area contributed by atoms with Crippen molar-refractivity contribution in [3.8, 4) is 16.8 Å². The number of carboxylic acid groups (broad SMARTS) is 1. The van der Waals surface area contributed by atoms with Gasteiger partial charge in [-0.2, -0.15) is 17.9 Å². The molecule has 0 aliphatic rings. The van der Waals surface area contributed by atoms with Crippen LogP contribution in [0.5, 0.6) is 0 Å². The van der Waals surface area contributed by atoms with Gasteiger partial charge in [-0.3, -0.25) is 0 Å². The summed E-state index contributed by atoms with van der Waals surface area (Å²) in [6.07, 6.45) is -3.35. The Bertz CT molecular complexity index is 892. The highest BCUT2D eigenvalue weighted by molar-refractivity contribution is 5.94. The van der Waals surface area contributed by atoms with Crippen molar-refractivity contribution >= 4 is 5.97 Å². The summed E-state index contributed by atoms with van der Waals surface area (Å²) in [6.45, 7) is 0. The molecule has 3 aromatic rings. The smallest absolute Gasteiger partial charge is 0.417 e. The van der Waals surface area contributed by atoms with Gasteiger partial charge in [-0.15, -0.1) is 5.10 Å². The van der Waals surface area contributed by atoms with E-state index in [2.05, 4.69) is 15.5 Å². The topological polar surface area (TPSA) is 80.9 Å². The lowest BCUT2D eigenvalue weighted by Crippen LogP contribution is -2.09. The van der Waals surface area contributed by atoms with Crippen LogP contribution in [0, 0.1) is 0 Å². The fraction of sp³-hybridized carbons (Fsp3) is 0.0667. The third-order valence-corrected chi connectivity index (χ3v) is 3.37. The summed E-state index contributed by atoms with van der Waals surface area (Å²) in [4.78, 5) is 11.5. The summed E-state index contributed by atoms with van der Waals surface area (Å²) < 4.78 is 40.6. The molecule has 0 saturated heterocycles. The maximum atomic E-state index is 13.1. The average Bonchev–Trinajstić information content (AvgIpc) is 3.07. The van der Waals surface area contributed by atoms with Crippen LogP contribution in [-0.4, -0.2) is 31.3 Å². The molecular formula is C15H9F3N4O2. The lowest BCUT2D eigenvalue weighted by Gasteiger charge is -2.14. The van der Waals surface area contributed by atoms with Gasteiger partial charge in [0.05, 0.1) is 16.8 Å². The molecule has 122 valence electrons. The quantitative estimate of drug-likeness (QED) is 0.796. The monoisotopic (exact) mass is 334 g/mol. The van der Waals surface area contributed by atoms with Crippen LogP contribution >= 0.6 is 0 Å². The maximum Gasteiger partial charge on any atom is 0.417 e. The lowest BCUT2D eigenvalue weighted by atomic mass is 9.97. The van der Waals surface area contributed by atoms with E-state index in [0.29, 0.717) is 0 Å². The number of hydrogen-bond acceptors (Lipinski definition) is 4. The average molecular weight is 334 g/mol. The van der Waals surface area contributed by atoms with Gasteiger partial charge < -0.3 is 5.11 Å². The summed E-state index contributed by atoms with van der Waals surface area (Å²) in [7, 11) is 0. The summed E-state index contributed by atoms with van der Waals surface area (Å²) >= 11 is 0. The van der Waals surface area contributed by atoms with E-state index < -0.39 is 17.7 Å². The fourth-order valence-corrected chi connectivity index (χ4v) is 2.33. The molecule has 1 aromatic heterocycles. The number of alkyl halides is 3. The molecule has 3 rings (SSSR count). The zero-order valence-electron chi connectivity index (χ0n) is 11.9. The van der Waals surface area contributed by atoms with Crippen LogP contribution < -0.4 is 0 Å². The Labute approximate surface area is 133 Å². The molecule has 9 heteroatoms. The second-order valence-corrected chi connectivity index (χ2v) is 4.83. The molecule has 24 heavy (non-hydrogen) atoms. The Balaban J connectivity index is 2.19. The van der Waals surface area contributed by atoms with Crippen LogP contribution in [0.3, 0.4) is 0 Å². The number of aromatic carboxylic acids is 1. The number of carbonyl (C=O) groups is 1.